The second kappa shape index (κ2) is 10.9. The minimum Gasteiger partial charge on any atom is -0.412 e. The summed E-state index contributed by atoms with van der Waals surface area (Å²) in [6, 6.07) is 8.48. The predicted molar refractivity (Wildman–Crippen MR) is 80.6 cm³/mol. The van der Waals surface area contributed by atoms with Crippen molar-refractivity contribution in [3.8, 4) is 0 Å². The van der Waals surface area contributed by atoms with E-state index in [2.05, 4.69) is 46.7 Å². The first-order valence-electron chi connectivity index (χ1n) is 4.94. The molecule has 1 nitrogen and oxygen atoms in total. The third kappa shape index (κ3) is 7.30. The average molecular weight is 264 g/mol. The Morgan fingerprint density at radius 3 is 2.40 bits per heavy atom. The number of hydrogen-bond donors (Lipinski definition) is 1. The lowest BCUT2D eigenvalue weighted by Crippen LogP contribution is -2.02. The Bertz CT molecular complexity index is 256. The molecule has 0 bridgehead atoms. The van der Waals surface area contributed by atoms with Crippen molar-refractivity contribution >= 4 is 35.1 Å². The van der Waals surface area contributed by atoms with Crippen LogP contribution in [0.1, 0.15) is 13.8 Å². The van der Waals surface area contributed by atoms with Crippen molar-refractivity contribution in [1.82, 2.24) is 0 Å². The van der Waals surface area contributed by atoms with Gasteiger partial charge >= 0.3 is 0 Å². The van der Waals surface area contributed by atoms with Gasteiger partial charge in [-0.1, -0.05) is 33.9 Å². The molecule has 0 saturated heterocycles. The van der Waals surface area contributed by atoms with E-state index in [-0.39, 0.29) is 13.4 Å². The van der Waals surface area contributed by atoms with Gasteiger partial charge < -0.3 is 5.48 Å². The number of benzene rings is 1. The van der Waals surface area contributed by atoms with Crippen molar-refractivity contribution < 1.29 is 5.48 Å². The van der Waals surface area contributed by atoms with E-state index < -0.39 is 0 Å². The van der Waals surface area contributed by atoms with Gasteiger partial charge in [-0.25, -0.2) is 0 Å². The molecular weight excluding hydrogens is 242 g/mol. The van der Waals surface area contributed by atoms with Crippen molar-refractivity contribution in [1.29, 1.82) is 0 Å². The summed E-state index contributed by atoms with van der Waals surface area (Å²) < 4.78 is 0. The summed E-state index contributed by atoms with van der Waals surface area (Å²) in [4.78, 5) is 1.07. The van der Waals surface area contributed by atoms with Crippen LogP contribution in [0.25, 0.3) is 0 Å². The molecule has 0 aliphatic rings. The quantitative estimate of drug-likeness (QED) is 0.643. The zero-order chi connectivity index (χ0) is 11.0. The van der Waals surface area contributed by atoms with Crippen LogP contribution in [0, 0.1) is 0 Å². The van der Waals surface area contributed by atoms with Crippen LogP contribution in [-0.4, -0.2) is 24.5 Å². The Kier molecular flexibility index (Phi) is 12.9. The van der Waals surface area contributed by atoms with E-state index in [0.717, 1.165) is 4.90 Å². The van der Waals surface area contributed by atoms with Gasteiger partial charge in [0.05, 0.1) is 0 Å². The van der Waals surface area contributed by atoms with E-state index in [0.29, 0.717) is 0 Å². The fourth-order valence-electron chi connectivity index (χ4n) is 1.05. The van der Waals surface area contributed by atoms with E-state index in [1.807, 2.05) is 19.9 Å². The minimum absolute atomic E-state index is 0. The fourth-order valence-corrected chi connectivity index (χ4v) is 3.89. The van der Waals surface area contributed by atoms with Crippen LogP contribution in [0.2, 0.25) is 0 Å². The van der Waals surface area contributed by atoms with Crippen LogP contribution >= 0.6 is 29.8 Å². The second-order valence-corrected chi connectivity index (χ2v) is 6.18. The van der Waals surface area contributed by atoms with Gasteiger partial charge in [0.1, 0.15) is 0 Å². The van der Waals surface area contributed by atoms with Crippen molar-refractivity contribution in [2.24, 2.45) is 0 Å². The van der Waals surface area contributed by atoms with Crippen LogP contribution in [0.15, 0.2) is 29.2 Å². The van der Waals surface area contributed by atoms with Crippen molar-refractivity contribution in [2.45, 2.75) is 18.7 Å². The lowest BCUT2D eigenvalue weighted by atomic mass is 10.4. The van der Waals surface area contributed by atoms with Gasteiger partial charge in [-0.2, -0.15) is 0 Å². The van der Waals surface area contributed by atoms with Gasteiger partial charge in [0.25, 0.3) is 0 Å². The number of thiol groups is 1. The Morgan fingerprint density at radius 2 is 1.93 bits per heavy atom. The third-order valence-electron chi connectivity index (χ3n) is 1.74. The highest BCUT2D eigenvalue weighted by molar-refractivity contribution is 7.80. The Hall–Kier alpha value is 0.390. The van der Waals surface area contributed by atoms with Gasteiger partial charge in [-0.05, 0) is 36.4 Å². The lowest BCUT2D eigenvalue weighted by molar-refractivity contribution is 0.824. The van der Waals surface area contributed by atoms with Crippen LogP contribution in [-0.2, 0) is 0 Å². The van der Waals surface area contributed by atoms with E-state index in [4.69, 9.17) is 0 Å². The van der Waals surface area contributed by atoms with Crippen LogP contribution in [0.5, 0.6) is 0 Å². The maximum atomic E-state index is 4.32. The van der Waals surface area contributed by atoms with Gasteiger partial charge in [-0.3, -0.25) is 0 Å². The van der Waals surface area contributed by atoms with Gasteiger partial charge in [0.15, 0.2) is 0 Å². The summed E-state index contributed by atoms with van der Waals surface area (Å²) in [5, 5.41) is 1.46. The molecule has 1 rings (SSSR count). The summed E-state index contributed by atoms with van der Waals surface area (Å²) in [5.41, 5.74) is 0. The molecule has 0 aliphatic carbocycles. The van der Waals surface area contributed by atoms with E-state index in [9.17, 15) is 0 Å². The lowest BCUT2D eigenvalue weighted by Gasteiger charge is -2.10. The molecule has 0 amide bonds. The molecule has 4 heteroatoms. The Balaban J connectivity index is 0. The molecule has 2 N–H and O–H groups in total. The highest BCUT2D eigenvalue weighted by Gasteiger charge is 2.02. The molecule has 0 aromatic heterocycles. The molecule has 0 fully saturated rings. The second-order valence-electron chi connectivity index (χ2n) is 2.73. The average Bonchev–Trinajstić information content (AvgIpc) is 2.21. The molecule has 0 saturated carbocycles. The molecule has 1 aromatic rings. The molecule has 1 aromatic carbocycles. The summed E-state index contributed by atoms with van der Waals surface area (Å²) in [5.74, 6) is 0. The predicted octanol–water partition coefficient (Wildman–Crippen LogP) is 2.79. The molecule has 0 spiro atoms. The molecule has 2 unspecified atom stereocenters. The van der Waals surface area contributed by atoms with E-state index >= 15 is 0 Å². The summed E-state index contributed by atoms with van der Waals surface area (Å²) in [6.07, 6.45) is 2.48. The van der Waals surface area contributed by atoms with Crippen molar-refractivity contribution in [3.05, 3.63) is 24.3 Å². The molecule has 0 radical (unpaired) electrons. The highest BCUT2D eigenvalue weighted by atomic mass is 32.1. The minimum atomic E-state index is 0. The van der Waals surface area contributed by atoms with Gasteiger partial charge in [0.2, 0.25) is 0 Å². The maximum Gasteiger partial charge on any atom is 0.00463 e. The Morgan fingerprint density at radius 1 is 1.33 bits per heavy atom. The fraction of sp³-hybridized carbons (Fsp3) is 0.455. The monoisotopic (exact) mass is 264 g/mol. The van der Waals surface area contributed by atoms with Crippen molar-refractivity contribution in [2.75, 3.05) is 19.0 Å². The highest BCUT2D eigenvalue weighted by Crippen LogP contribution is 2.29. The number of rotatable bonds is 3. The molecular formula is C11H22OP2S. The first kappa shape index (κ1) is 17.8. The molecule has 0 heterocycles. The van der Waals surface area contributed by atoms with Crippen LogP contribution in [0.4, 0.5) is 0 Å². The van der Waals surface area contributed by atoms with Crippen LogP contribution in [0.3, 0.4) is 0 Å². The zero-order valence-corrected chi connectivity index (χ0v) is 12.6. The standard InChI is InChI=1S/C9H14P2S.C2H6.H2O/c1-11(6-5-10)8-3-2-4-9(12)7-8;1-2;/h2-4,7,12H,5-6,10H2,1H3;1-2H3;1H2. The first-order valence-corrected chi connectivity index (χ1v) is 8.18. The van der Waals surface area contributed by atoms with Gasteiger partial charge in [-0.15, -0.1) is 21.9 Å². The van der Waals surface area contributed by atoms with Crippen LogP contribution < -0.4 is 5.30 Å². The molecule has 88 valence electrons. The zero-order valence-electron chi connectivity index (χ0n) is 9.70. The normalized spacial score (nSPS) is 10.7. The molecule has 15 heavy (non-hydrogen) atoms. The van der Waals surface area contributed by atoms with Crippen molar-refractivity contribution in [3.63, 3.8) is 0 Å². The maximum absolute atomic E-state index is 4.32. The largest absolute Gasteiger partial charge is 0.412 e. The number of hydrogen-bond acceptors (Lipinski definition) is 1. The smallest absolute Gasteiger partial charge is 0.00463 e. The SMILES string of the molecule is CC.CP(CCP)c1cccc(S)c1.O. The Labute approximate surface area is 103 Å². The van der Waals surface area contributed by atoms with E-state index in [1.54, 1.807) is 0 Å². The third-order valence-corrected chi connectivity index (χ3v) is 4.88. The summed E-state index contributed by atoms with van der Waals surface area (Å²) in [6.45, 7) is 6.32. The molecule has 0 aliphatic heterocycles. The van der Waals surface area contributed by atoms with E-state index in [1.165, 1.54) is 17.6 Å². The van der Waals surface area contributed by atoms with Gasteiger partial charge in [0, 0.05) is 4.90 Å². The summed E-state index contributed by atoms with van der Waals surface area (Å²) in [7, 11) is 2.82. The molecule has 2 atom stereocenters. The summed E-state index contributed by atoms with van der Waals surface area (Å²) >= 11 is 4.32. The topological polar surface area (TPSA) is 31.5 Å². The first-order chi connectivity index (χ1) is 6.74.